The van der Waals surface area contributed by atoms with Crippen LogP contribution in [0.25, 0.3) is 0 Å². The van der Waals surface area contributed by atoms with Gasteiger partial charge in [0.2, 0.25) is 5.91 Å². The Balaban J connectivity index is 1.80. The molecule has 2 rings (SSSR count). The van der Waals surface area contributed by atoms with Gasteiger partial charge in [-0.15, -0.1) is 0 Å². The molecular formula is C17H20N2OS. The summed E-state index contributed by atoms with van der Waals surface area (Å²) in [4.78, 5) is 16.1. The van der Waals surface area contributed by atoms with E-state index in [2.05, 4.69) is 35.1 Å². The zero-order valence-electron chi connectivity index (χ0n) is 11.9. The molecule has 0 unspecified atom stereocenters. The van der Waals surface area contributed by atoms with Gasteiger partial charge in [0, 0.05) is 30.6 Å². The lowest BCUT2D eigenvalue weighted by atomic mass is 10.1. The zero-order chi connectivity index (χ0) is 14.9. The Morgan fingerprint density at radius 3 is 2.57 bits per heavy atom. The molecule has 0 fully saturated rings. The summed E-state index contributed by atoms with van der Waals surface area (Å²) in [7, 11) is 0. The number of nitrogens with one attached hydrogen (secondary N) is 1. The number of carbonyl (C=O) groups excluding carboxylic acids is 1. The van der Waals surface area contributed by atoms with Crippen molar-refractivity contribution in [2.75, 3.05) is 5.75 Å². The van der Waals surface area contributed by atoms with E-state index in [1.54, 1.807) is 12.4 Å². The van der Waals surface area contributed by atoms with E-state index in [1.807, 2.05) is 30.3 Å². The third kappa shape index (κ3) is 5.60. The van der Waals surface area contributed by atoms with Gasteiger partial charge in [-0.3, -0.25) is 9.78 Å². The minimum absolute atomic E-state index is 0.0637. The van der Waals surface area contributed by atoms with Crippen molar-refractivity contribution >= 4 is 18.5 Å². The maximum absolute atomic E-state index is 12.0. The molecule has 0 spiro atoms. The van der Waals surface area contributed by atoms with Crippen LogP contribution in [0.15, 0.2) is 54.9 Å². The first-order chi connectivity index (χ1) is 10.3. The summed E-state index contributed by atoms with van der Waals surface area (Å²) in [6, 6.07) is 14.1. The van der Waals surface area contributed by atoms with Gasteiger partial charge >= 0.3 is 0 Å². The standard InChI is InChI=1S/C17H20N2OS/c20-17(9-8-15-7-4-10-18-12-15)19-16(13-21)11-14-5-2-1-3-6-14/h1-7,10,12,16,21H,8-9,11,13H2,(H,19,20)/t16-/m1/s1. The van der Waals surface area contributed by atoms with Gasteiger partial charge in [-0.05, 0) is 30.0 Å². The quantitative estimate of drug-likeness (QED) is 0.772. The third-order valence-electron chi connectivity index (χ3n) is 3.27. The molecule has 1 aromatic heterocycles. The lowest BCUT2D eigenvalue weighted by Gasteiger charge is -2.16. The van der Waals surface area contributed by atoms with Crippen LogP contribution in [-0.4, -0.2) is 22.7 Å². The Morgan fingerprint density at radius 1 is 1.14 bits per heavy atom. The molecule has 0 aliphatic rings. The summed E-state index contributed by atoms with van der Waals surface area (Å²) in [6.45, 7) is 0. The number of hydrogen-bond donors (Lipinski definition) is 2. The lowest BCUT2D eigenvalue weighted by molar-refractivity contribution is -0.121. The minimum Gasteiger partial charge on any atom is -0.352 e. The van der Waals surface area contributed by atoms with E-state index in [0.29, 0.717) is 18.6 Å². The Hall–Kier alpha value is -1.81. The summed E-state index contributed by atoms with van der Waals surface area (Å²) in [6.07, 6.45) is 5.53. The first-order valence-electron chi connectivity index (χ1n) is 7.11. The van der Waals surface area contributed by atoms with Crippen LogP contribution in [0.2, 0.25) is 0 Å². The van der Waals surface area contributed by atoms with E-state index in [0.717, 1.165) is 12.0 Å². The molecule has 1 N–H and O–H groups in total. The molecule has 0 bridgehead atoms. The van der Waals surface area contributed by atoms with Crippen molar-refractivity contribution in [1.29, 1.82) is 0 Å². The van der Waals surface area contributed by atoms with Gasteiger partial charge in [-0.25, -0.2) is 0 Å². The largest absolute Gasteiger partial charge is 0.352 e. The third-order valence-corrected chi connectivity index (χ3v) is 3.71. The van der Waals surface area contributed by atoms with Gasteiger partial charge in [-0.2, -0.15) is 12.6 Å². The molecule has 4 heteroatoms. The van der Waals surface area contributed by atoms with Crippen LogP contribution in [0.3, 0.4) is 0 Å². The Labute approximate surface area is 131 Å². The second-order valence-electron chi connectivity index (χ2n) is 5.00. The first kappa shape index (κ1) is 15.6. The molecule has 110 valence electrons. The van der Waals surface area contributed by atoms with Crippen LogP contribution in [-0.2, 0) is 17.6 Å². The fraction of sp³-hybridized carbons (Fsp3) is 0.294. The molecule has 1 amide bonds. The number of rotatable bonds is 7. The van der Waals surface area contributed by atoms with Crippen LogP contribution in [0, 0.1) is 0 Å². The van der Waals surface area contributed by atoms with Crippen LogP contribution in [0.1, 0.15) is 17.5 Å². The van der Waals surface area contributed by atoms with Crippen molar-refractivity contribution in [1.82, 2.24) is 10.3 Å². The monoisotopic (exact) mass is 300 g/mol. The van der Waals surface area contributed by atoms with Crippen molar-refractivity contribution in [2.45, 2.75) is 25.3 Å². The minimum atomic E-state index is 0.0637. The first-order valence-corrected chi connectivity index (χ1v) is 7.74. The second-order valence-corrected chi connectivity index (χ2v) is 5.36. The molecule has 1 heterocycles. The Morgan fingerprint density at radius 2 is 1.90 bits per heavy atom. The summed E-state index contributed by atoms with van der Waals surface area (Å²) in [5.74, 6) is 0.696. The van der Waals surface area contributed by atoms with Crippen LogP contribution in [0.5, 0.6) is 0 Å². The number of carbonyl (C=O) groups is 1. The maximum atomic E-state index is 12.0. The van der Waals surface area contributed by atoms with E-state index in [1.165, 1.54) is 5.56 Å². The van der Waals surface area contributed by atoms with E-state index in [9.17, 15) is 4.79 Å². The number of hydrogen-bond acceptors (Lipinski definition) is 3. The molecule has 21 heavy (non-hydrogen) atoms. The van der Waals surface area contributed by atoms with Gasteiger partial charge in [0.1, 0.15) is 0 Å². The average molecular weight is 300 g/mol. The summed E-state index contributed by atoms with van der Waals surface area (Å²) < 4.78 is 0. The highest BCUT2D eigenvalue weighted by atomic mass is 32.1. The van der Waals surface area contributed by atoms with Crippen molar-refractivity contribution in [3.05, 3.63) is 66.0 Å². The fourth-order valence-electron chi connectivity index (χ4n) is 2.16. The average Bonchev–Trinajstić information content (AvgIpc) is 2.54. The molecular weight excluding hydrogens is 280 g/mol. The van der Waals surface area contributed by atoms with Crippen molar-refractivity contribution in [3.63, 3.8) is 0 Å². The highest BCUT2D eigenvalue weighted by molar-refractivity contribution is 7.80. The molecule has 0 radical (unpaired) electrons. The number of pyridine rings is 1. The van der Waals surface area contributed by atoms with Gasteiger partial charge in [0.25, 0.3) is 0 Å². The molecule has 0 saturated carbocycles. The van der Waals surface area contributed by atoms with Crippen LogP contribution in [0.4, 0.5) is 0 Å². The number of thiol groups is 1. The Bertz CT molecular complexity index is 545. The predicted molar refractivity (Wildman–Crippen MR) is 88.5 cm³/mol. The molecule has 0 saturated heterocycles. The lowest BCUT2D eigenvalue weighted by Crippen LogP contribution is -2.37. The predicted octanol–water partition coefficient (Wildman–Crippen LogP) is 2.67. The molecule has 1 atom stereocenters. The number of nitrogens with zero attached hydrogens (tertiary/aromatic N) is 1. The molecule has 0 aliphatic carbocycles. The summed E-state index contributed by atoms with van der Waals surface area (Å²) in [5.41, 5.74) is 2.29. The highest BCUT2D eigenvalue weighted by Crippen LogP contribution is 2.06. The van der Waals surface area contributed by atoms with Gasteiger partial charge in [0.05, 0.1) is 0 Å². The summed E-state index contributed by atoms with van der Waals surface area (Å²) >= 11 is 4.33. The molecule has 1 aromatic carbocycles. The smallest absolute Gasteiger partial charge is 0.220 e. The number of aromatic nitrogens is 1. The van der Waals surface area contributed by atoms with E-state index >= 15 is 0 Å². The molecule has 0 aliphatic heterocycles. The normalized spacial score (nSPS) is 11.9. The highest BCUT2D eigenvalue weighted by Gasteiger charge is 2.11. The number of benzene rings is 1. The van der Waals surface area contributed by atoms with E-state index < -0.39 is 0 Å². The van der Waals surface area contributed by atoms with E-state index in [-0.39, 0.29) is 11.9 Å². The fourth-order valence-corrected chi connectivity index (χ4v) is 2.38. The molecule has 3 nitrogen and oxygen atoms in total. The molecule has 2 aromatic rings. The van der Waals surface area contributed by atoms with Crippen LogP contribution >= 0.6 is 12.6 Å². The topological polar surface area (TPSA) is 42.0 Å². The van der Waals surface area contributed by atoms with E-state index in [4.69, 9.17) is 0 Å². The van der Waals surface area contributed by atoms with Gasteiger partial charge < -0.3 is 5.32 Å². The van der Waals surface area contributed by atoms with Gasteiger partial charge in [0.15, 0.2) is 0 Å². The van der Waals surface area contributed by atoms with Gasteiger partial charge in [-0.1, -0.05) is 36.4 Å². The SMILES string of the molecule is O=C(CCc1cccnc1)N[C@@H](CS)Cc1ccccc1. The van der Waals surface area contributed by atoms with Crippen molar-refractivity contribution in [3.8, 4) is 0 Å². The van der Waals surface area contributed by atoms with Crippen molar-refractivity contribution in [2.24, 2.45) is 0 Å². The summed E-state index contributed by atoms with van der Waals surface area (Å²) in [5, 5.41) is 3.05. The maximum Gasteiger partial charge on any atom is 0.220 e. The number of amides is 1. The Kier molecular flexibility index (Phi) is 6.28. The zero-order valence-corrected chi connectivity index (χ0v) is 12.8. The van der Waals surface area contributed by atoms with Crippen molar-refractivity contribution < 1.29 is 4.79 Å². The number of aryl methyl sites for hydroxylation is 1. The van der Waals surface area contributed by atoms with Crippen LogP contribution < -0.4 is 5.32 Å². The second kappa shape index (κ2) is 8.47.